The van der Waals surface area contributed by atoms with Crippen LogP contribution in [0.3, 0.4) is 0 Å². The molecular weight excluding hydrogens is 286 g/mol. The van der Waals surface area contributed by atoms with E-state index in [9.17, 15) is 4.79 Å². The van der Waals surface area contributed by atoms with Crippen LogP contribution in [0.2, 0.25) is 0 Å². The lowest BCUT2D eigenvalue weighted by atomic mass is 9.48. The van der Waals surface area contributed by atoms with E-state index in [4.69, 9.17) is 4.74 Å². The second kappa shape index (κ2) is 5.34. The fourth-order valence-corrected chi connectivity index (χ4v) is 6.50. The molecule has 1 saturated heterocycles. The third-order valence-electron chi connectivity index (χ3n) is 7.89. The van der Waals surface area contributed by atoms with E-state index in [1.165, 1.54) is 25.7 Å². The first-order valence-corrected chi connectivity index (χ1v) is 9.49. The second-order valence-corrected chi connectivity index (χ2v) is 8.90. The lowest BCUT2D eigenvalue weighted by Gasteiger charge is -2.59. The van der Waals surface area contributed by atoms with Crippen LogP contribution in [-0.4, -0.2) is 24.7 Å². The van der Waals surface area contributed by atoms with E-state index in [0.717, 1.165) is 37.5 Å². The molecule has 1 N–H and O–H groups in total. The van der Waals surface area contributed by atoms with E-state index < -0.39 is 0 Å². The van der Waals surface area contributed by atoms with Crippen LogP contribution in [0.5, 0.6) is 0 Å². The van der Waals surface area contributed by atoms with Gasteiger partial charge in [0.15, 0.2) is 0 Å². The molecular formula is C20H31NO2. The smallest absolute Gasteiger partial charge is 0.220 e. The molecule has 0 spiro atoms. The standard InChI is InChI=1S/C20H31NO2/c1-19-10-8-14(23-3)12-13(19)4-5-15-16(19)9-11-20(2)17(15)6-7-18(22)21-20/h4,14-17H,5-12H2,1-3H3,(H,21,22)/t14-,15-,16+,17-,19-,20-/m1/s1. The zero-order valence-electron chi connectivity index (χ0n) is 14.9. The largest absolute Gasteiger partial charge is 0.381 e. The van der Waals surface area contributed by atoms with Gasteiger partial charge in [0.05, 0.1) is 6.10 Å². The van der Waals surface area contributed by atoms with Crippen molar-refractivity contribution >= 4 is 5.91 Å². The van der Waals surface area contributed by atoms with Gasteiger partial charge in [-0.25, -0.2) is 0 Å². The summed E-state index contributed by atoms with van der Waals surface area (Å²) < 4.78 is 5.65. The lowest BCUT2D eigenvalue weighted by molar-refractivity contribution is -0.131. The summed E-state index contributed by atoms with van der Waals surface area (Å²) >= 11 is 0. The number of piperidine rings is 1. The first-order chi connectivity index (χ1) is 11.0. The summed E-state index contributed by atoms with van der Waals surface area (Å²) in [5.74, 6) is 2.48. The third kappa shape index (κ3) is 2.30. The zero-order valence-corrected chi connectivity index (χ0v) is 14.9. The number of methoxy groups -OCH3 is 1. The fourth-order valence-electron chi connectivity index (χ4n) is 6.50. The monoisotopic (exact) mass is 317 g/mol. The van der Waals surface area contributed by atoms with Crippen LogP contribution in [0.1, 0.15) is 65.2 Å². The molecule has 3 heteroatoms. The number of carbonyl (C=O) groups excluding carboxylic acids is 1. The molecule has 2 saturated carbocycles. The number of amides is 1. The zero-order chi connectivity index (χ0) is 16.2. The molecule has 3 aliphatic carbocycles. The molecule has 0 aromatic heterocycles. The minimum atomic E-state index is 0.0436. The van der Waals surface area contributed by atoms with Crippen molar-refractivity contribution in [1.82, 2.24) is 5.32 Å². The number of hydrogen-bond acceptors (Lipinski definition) is 2. The van der Waals surface area contributed by atoms with Gasteiger partial charge in [0.25, 0.3) is 0 Å². The average Bonchev–Trinajstić information content (AvgIpc) is 2.52. The van der Waals surface area contributed by atoms with Gasteiger partial charge in [-0.05, 0) is 75.0 Å². The molecule has 3 nitrogen and oxygen atoms in total. The van der Waals surface area contributed by atoms with E-state index in [0.29, 0.717) is 17.4 Å². The fraction of sp³-hybridized carbons (Fsp3) is 0.850. The summed E-state index contributed by atoms with van der Waals surface area (Å²) in [4.78, 5) is 11.9. The molecule has 4 aliphatic rings. The maximum Gasteiger partial charge on any atom is 0.220 e. The van der Waals surface area contributed by atoms with Gasteiger partial charge < -0.3 is 10.1 Å². The van der Waals surface area contributed by atoms with Crippen molar-refractivity contribution in [2.24, 2.45) is 23.2 Å². The molecule has 0 bridgehead atoms. The van der Waals surface area contributed by atoms with Gasteiger partial charge in [-0.3, -0.25) is 4.79 Å². The second-order valence-electron chi connectivity index (χ2n) is 8.90. The summed E-state index contributed by atoms with van der Waals surface area (Å²) in [6, 6.07) is 0. The average molecular weight is 317 g/mol. The Balaban J connectivity index is 1.63. The molecule has 3 fully saturated rings. The van der Waals surface area contributed by atoms with Gasteiger partial charge in [0, 0.05) is 19.1 Å². The summed E-state index contributed by atoms with van der Waals surface area (Å²) in [5, 5.41) is 3.35. The molecule has 1 aliphatic heterocycles. The van der Waals surface area contributed by atoms with Crippen LogP contribution < -0.4 is 5.32 Å². The predicted molar refractivity (Wildman–Crippen MR) is 90.9 cm³/mol. The van der Waals surface area contributed by atoms with Crippen molar-refractivity contribution in [3.63, 3.8) is 0 Å². The van der Waals surface area contributed by atoms with Crippen LogP contribution in [0, 0.1) is 23.2 Å². The lowest BCUT2D eigenvalue weighted by Crippen LogP contribution is -2.62. The molecule has 0 aromatic rings. The molecule has 4 rings (SSSR count). The van der Waals surface area contributed by atoms with Crippen molar-refractivity contribution in [2.45, 2.75) is 76.9 Å². The maximum absolute atomic E-state index is 11.9. The Hall–Kier alpha value is -0.830. The Kier molecular flexibility index (Phi) is 3.64. The van der Waals surface area contributed by atoms with Crippen LogP contribution in [0.4, 0.5) is 0 Å². The van der Waals surface area contributed by atoms with Crippen LogP contribution >= 0.6 is 0 Å². The maximum atomic E-state index is 11.9. The van der Waals surface area contributed by atoms with Crippen molar-refractivity contribution in [3.05, 3.63) is 11.6 Å². The molecule has 1 amide bonds. The Bertz CT molecular complexity index is 542. The molecule has 0 aromatic carbocycles. The van der Waals surface area contributed by atoms with Crippen LogP contribution in [0.25, 0.3) is 0 Å². The Morgan fingerprint density at radius 3 is 2.78 bits per heavy atom. The summed E-state index contributed by atoms with van der Waals surface area (Å²) in [6.45, 7) is 4.82. The Labute approximate surface area is 140 Å². The Morgan fingerprint density at radius 2 is 2.00 bits per heavy atom. The molecule has 0 unspecified atom stereocenters. The first kappa shape index (κ1) is 15.7. The normalized spacial score (nSPS) is 49.3. The summed E-state index contributed by atoms with van der Waals surface area (Å²) in [5.41, 5.74) is 2.09. The predicted octanol–water partition coefficient (Wildman–Crippen LogP) is 3.83. The minimum absolute atomic E-state index is 0.0436. The minimum Gasteiger partial charge on any atom is -0.381 e. The number of nitrogens with one attached hydrogen (secondary N) is 1. The van der Waals surface area contributed by atoms with E-state index in [1.807, 2.05) is 7.11 Å². The van der Waals surface area contributed by atoms with E-state index in [2.05, 4.69) is 25.2 Å². The van der Waals surface area contributed by atoms with E-state index in [-0.39, 0.29) is 11.4 Å². The number of hydrogen-bond donors (Lipinski definition) is 1. The molecule has 128 valence electrons. The topological polar surface area (TPSA) is 38.3 Å². The SMILES string of the molecule is CO[C@@H]1CC[C@]2(C)C(=CC[C@H]3[C@H]4CCC(=O)N[C@]4(C)CC[C@@H]32)C1. The van der Waals surface area contributed by atoms with Gasteiger partial charge in [-0.15, -0.1) is 0 Å². The quantitative estimate of drug-likeness (QED) is 0.746. The van der Waals surface area contributed by atoms with Crippen molar-refractivity contribution in [2.75, 3.05) is 7.11 Å². The number of rotatable bonds is 1. The Morgan fingerprint density at radius 1 is 1.17 bits per heavy atom. The molecule has 1 heterocycles. The number of allylic oxidation sites excluding steroid dienone is 1. The van der Waals surface area contributed by atoms with Gasteiger partial charge in [0.1, 0.15) is 0 Å². The number of fused-ring (bicyclic) bond motifs is 5. The molecule has 0 radical (unpaired) electrons. The first-order valence-electron chi connectivity index (χ1n) is 9.49. The summed E-state index contributed by atoms with van der Waals surface area (Å²) in [7, 11) is 1.86. The van der Waals surface area contributed by atoms with Crippen LogP contribution in [-0.2, 0) is 9.53 Å². The highest BCUT2D eigenvalue weighted by atomic mass is 16.5. The van der Waals surface area contributed by atoms with Crippen LogP contribution in [0.15, 0.2) is 11.6 Å². The number of carbonyl (C=O) groups is 1. The summed E-state index contributed by atoms with van der Waals surface area (Å²) in [6.07, 6.45) is 12.0. The van der Waals surface area contributed by atoms with Gasteiger partial charge in [-0.1, -0.05) is 18.6 Å². The van der Waals surface area contributed by atoms with E-state index in [1.54, 1.807) is 5.57 Å². The van der Waals surface area contributed by atoms with Gasteiger partial charge in [-0.2, -0.15) is 0 Å². The third-order valence-corrected chi connectivity index (χ3v) is 7.89. The van der Waals surface area contributed by atoms with Gasteiger partial charge >= 0.3 is 0 Å². The highest BCUT2D eigenvalue weighted by Gasteiger charge is 2.55. The number of ether oxygens (including phenoxy) is 1. The van der Waals surface area contributed by atoms with Crippen molar-refractivity contribution in [3.8, 4) is 0 Å². The highest BCUT2D eigenvalue weighted by Crippen LogP contribution is 2.60. The van der Waals surface area contributed by atoms with Crippen molar-refractivity contribution in [1.29, 1.82) is 0 Å². The van der Waals surface area contributed by atoms with E-state index >= 15 is 0 Å². The molecule has 23 heavy (non-hydrogen) atoms. The van der Waals surface area contributed by atoms with Crippen molar-refractivity contribution < 1.29 is 9.53 Å². The molecule has 6 atom stereocenters. The highest BCUT2D eigenvalue weighted by molar-refractivity contribution is 5.77. The van der Waals surface area contributed by atoms with Gasteiger partial charge in [0.2, 0.25) is 5.91 Å².